The van der Waals surface area contributed by atoms with Crippen molar-refractivity contribution in [1.29, 1.82) is 5.26 Å². The van der Waals surface area contributed by atoms with Crippen molar-refractivity contribution in [3.05, 3.63) is 29.1 Å². The molecule has 1 fully saturated rings. The first-order chi connectivity index (χ1) is 7.15. The monoisotopic (exact) mass is 242 g/mol. The number of benzene rings is 1. The maximum Gasteiger partial charge on any atom is 0.144 e. The molecule has 0 heterocycles. The fraction of sp³-hybridized carbons (Fsp3) is 0.364. The predicted octanol–water partition coefficient (Wildman–Crippen LogP) is 2.23. The van der Waals surface area contributed by atoms with Crippen molar-refractivity contribution in [3.8, 4) is 11.8 Å². The molecular formula is C11H12ClFN2O. The van der Waals surface area contributed by atoms with Gasteiger partial charge in [-0.1, -0.05) is 6.07 Å². The molecule has 1 saturated carbocycles. The Hall–Kier alpha value is -1.31. The summed E-state index contributed by atoms with van der Waals surface area (Å²) in [6.45, 7) is 0. The number of aromatic hydroxyl groups is 1. The lowest BCUT2D eigenvalue weighted by molar-refractivity contribution is 0.448. The van der Waals surface area contributed by atoms with Crippen LogP contribution in [-0.4, -0.2) is 5.11 Å². The molecule has 1 atom stereocenters. The molecule has 0 aromatic heterocycles. The number of nitriles is 1. The second-order valence-electron chi connectivity index (χ2n) is 3.84. The third-order valence-corrected chi connectivity index (χ3v) is 2.76. The Kier molecular flexibility index (Phi) is 3.74. The standard InChI is InChI=1S/C11H11FN2O.ClH/c12-9-4-3-7(10(14)6-1-2-6)11(15)8(9)5-13;/h3-4,6,10,15H,1-2,14H2;1H/t10-;/m1./s1. The van der Waals surface area contributed by atoms with Crippen LogP contribution in [0.1, 0.15) is 30.0 Å². The number of phenolic OH excluding ortho intramolecular Hbond substituents is 1. The first kappa shape index (κ1) is 12.8. The zero-order chi connectivity index (χ0) is 11.0. The van der Waals surface area contributed by atoms with Crippen molar-refractivity contribution in [1.82, 2.24) is 0 Å². The van der Waals surface area contributed by atoms with Crippen LogP contribution in [-0.2, 0) is 0 Å². The fourth-order valence-corrected chi connectivity index (χ4v) is 1.67. The summed E-state index contributed by atoms with van der Waals surface area (Å²) < 4.78 is 13.1. The molecule has 0 bridgehead atoms. The summed E-state index contributed by atoms with van der Waals surface area (Å²) in [5, 5.41) is 18.3. The lowest BCUT2D eigenvalue weighted by Gasteiger charge is -2.13. The molecule has 3 nitrogen and oxygen atoms in total. The molecule has 1 aliphatic rings. The van der Waals surface area contributed by atoms with E-state index in [9.17, 15) is 9.50 Å². The van der Waals surface area contributed by atoms with Crippen LogP contribution < -0.4 is 5.73 Å². The number of rotatable bonds is 2. The Bertz CT molecular complexity index is 440. The van der Waals surface area contributed by atoms with E-state index in [2.05, 4.69) is 0 Å². The molecule has 0 unspecified atom stereocenters. The molecule has 16 heavy (non-hydrogen) atoms. The number of halogens is 2. The molecular weight excluding hydrogens is 231 g/mol. The van der Waals surface area contributed by atoms with Crippen LogP contribution in [0, 0.1) is 23.1 Å². The van der Waals surface area contributed by atoms with Gasteiger partial charge in [-0.3, -0.25) is 0 Å². The predicted molar refractivity (Wildman–Crippen MR) is 59.7 cm³/mol. The quantitative estimate of drug-likeness (QED) is 0.836. The van der Waals surface area contributed by atoms with Crippen molar-refractivity contribution >= 4 is 12.4 Å². The van der Waals surface area contributed by atoms with Gasteiger partial charge >= 0.3 is 0 Å². The summed E-state index contributed by atoms with van der Waals surface area (Å²) >= 11 is 0. The van der Waals surface area contributed by atoms with E-state index in [0.717, 1.165) is 12.8 Å². The number of hydrogen-bond donors (Lipinski definition) is 2. The largest absolute Gasteiger partial charge is 0.506 e. The second-order valence-corrected chi connectivity index (χ2v) is 3.84. The lowest BCUT2D eigenvalue weighted by atomic mass is 9.99. The number of nitrogens with zero attached hydrogens (tertiary/aromatic N) is 1. The van der Waals surface area contributed by atoms with E-state index in [-0.39, 0.29) is 29.8 Å². The van der Waals surface area contributed by atoms with E-state index in [1.165, 1.54) is 12.1 Å². The Balaban J connectivity index is 0.00000128. The summed E-state index contributed by atoms with van der Waals surface area (Å²) in [6.07, 6.45) is 2.06. The number of phenols is 1. The topological polar surface area (TPSA) is 70.0 Å². The van der Waals surface area contributed by atoms with Gasteiger partial charge in [0, 0.05) is 11.6 Å². The molecule has 1 aromatic carbocycles. The molecule has 0 aliphatic heterocycles. The first-order valence-corrected chi connectivity index (χ1v) is 4.82. The molecule has 1 aromatic rings. The van der Waals surface area contributed by atoms with Crippen LogP contribution in [0.3, 0.4) is 0 Å². The minimum absolute atomic E-state index is 0. The van der Waals surface area contributed by atoms with Gasteiger partial charge in [-0.05, 0) is 24.8 Å². The molecule has 3 N–H and O–H groups in total. The molecule has 0 amide bonds. The van der Waals surface area contributed by atoms with Gasteiger partial charge in [0.25, 0.3) is 0 Å². The van der Waals surface area contributed by atoms with Gasteiger partial charge in [0.05, 0.1) is 0 Å². The van der Waals surface area contributed by atoms with Crippen LogP contribution in [0.5, 0.6) is 5.75 Å². The van der Waals surface area contributed by atoms with Crippen LogP contribution in [0.15, 0.2) is 12.1 Å². The SMILES string of the molecule is Cl.N#Cc1c(F)ccc([C@H](N)C2CC2)c1O. The van der Waals surface area contributed by atoms with Crippen molar-refractivity contribution in [3.63, 3.8) is 0 Å². The number of hydrogen-bond acceptors (Lipinski definition) is 3. The highest BCUT2D eigenvalue weighted by Crippen LogP contribution is 2.42. The van der Waals surface area contributed by atoms with E-state index in [1.807, 2.05) is 0 Å². The van der Waals surface area contributed by atoms with Crippen LogP contribution in [0.4, 0.5) is 4.39 Å². The molecule has 0 saturated heterocycles. The second kappa shape index (κ2) is 4.69. The van der Waals surface area contributed by atoms with Gasteiger partial charge in [0.1, 0.15) is 23.2 Å². The maximum atomic E-state index is 13.1. The van der Waals surface area contributed by atoms with E-state index >= 15 is 0 Å². The summed E-state index contributed by atoms with van der Waals surface area (Å²) in [5.41, 5.74) is 6.03. The van der Waals surface area contributed by atoms with Gasteiger partial charge in [-0.2, -0.15) is 5.26 Å². The van der Waals surface area contributed by atoms with E-state index < -0.39 is 5.82 Å². The molecule has 0 radical (unpaired) electrons. The first-order valence-electron chi connectivity index (χ1n) is 4.82. The van der Waals surface area contributed by atoms with Crippen molar-refractivity contribution in [2.45, 2.75) is 18.9 Å². The van der Waals surface area contributed by atoms with Crippen molar-refractivity contribution in [2.24, 2.45) is 11.7 Å². The highest BCUT2D eigenvalue weighted by Gasteiger charge is 2.31. The Morgan fingerprint density at radius 2 is 2.12 bits per heavy atom. The summed E-state index contributed by atoms with van der Waals surface area (Å²) in [5.74, 6) is -0.661. The van der Waals surface area contributed by atoms with Crippen molar-refractivity contribution in [2.75, 3.05) is 0 Å². The Morgan fingerprint density at radius 3 is 2.62 bits per heavy atom. The summed E-state index contributed by atoms with van der Waals surface area (Å²) in [7, 11) is 0. The van der Waals surface area contributed by atoms with Gasteiger partial charge in [-0.15, -0.1) is 12.4 Å². The molecule has 86 valence electrons. The van der Waals surface area contributed by atoms with Crippen LogP contribution in [0.2, 0.25) is 0 Å². The maximum absolute atomic E-state index is 13.1. The molecule has 2 rings (SSSR count). The van der Waals surface area contributed by atoms with Gasteiger partial charge in [0.15, 0.2) is 0 Å². The smallest absolute Gasteiger partial charge is 0.144 e. The summed E-state index contributed by atoms with van der Waals surface area (Å²) in [4.78, 5) is 0. The average Bonchev–Trinajstić information content (AvgIpc) is 3.01. The van der Waals surface area contributed by atoms with E-state index in [4.69, 9.17) is 11.0 Å². The molecule has 5 heteroatoms. The summed E-state index contributed by atoms with van der Waals surface area (Å²) in [6, 6.07) is 3.97. The molecule has 1 aliphatic carbocycles. The highest BCUT2D eigenvalue weighted by atomic mass is 35.5. The highest BCUT2D eigenvalue weighted by molar-refractivity contribution is 5.85. The third-order valence-electron chi connectivity index (χ3n) is 2.76. The van der Waals surface area contributed by atoms with E-state index in [1.54, 1.807) is 6.07 Å². The molecule has 0 spiro atoms. The van der Waals surface area contributed by atoms with Crippen LogP contribution in [0.25, 0.3) is 0 Å². The minimum Gasteiger partial charge on any atom is -0.506 e. The average molecular weight is 243 g/mol. The lowest BCUT2D eigenvalue weighted by Crippen LogP contribution is -2.13. The van der Waals surface area contributed by atoms with Gasteiger partial charge < -0.3 is 10.8 Å². The zero-order valence-electron chi connectivity index (χ0n) is 8.48. The normalized spacial score (nSPS) is 16.1. The number of nitrogens with two attached hydrogens (primary N) is 1. The third kappa shape index (κ3) is 2.11. The van der Waals surface area contributed by atoms with Gasteiger partial charge in [0.2, 0.25) is 0 Å². The van der Waals surface area contributed by atoms with Gasteiger partial charge in [-0.25, -0.2) is 4.39 Å². The Morgan fingerprint density at radius 1 is 1.50 bits per heavy atom. The van der Waals surface area contributed by atoms with Crippen molar-refractivity contribution < 1.29 is 9.50 Å². The van der Waals surface area contributed by atoms with Crippen LogP contribution >= 0.6 is 12.4 Å². The van der Waals surface area contributed by atoms with E-state index in [0.29, 0.717) is 11.5 Å². The fourth-order valence-electron chi connectivity index (χ4n) is 1.67. The Labute approximate surface area is 99.1 Å². The zero-order valence-corrected chi connectivity index (χ0v) is 9.30. The minimum atomic E-state index is -0.707.